The van der Waals surface area contributed by atoms with Gasteiger partial charge in [-0.3, -0.25) is 19.7 Å². The molecule has 0 atom stereocenters. The lowest BCUT2D eigenvalue weighted by atomic mass is 9.98. The largest absolute Gasteiger partial charge is 0.369 e. The van der Waals surface area contributed by atoms with Crippen LogP contribution < -0.4 is 15.3 Å². The van der Waals surface area contributed by atoms with Gasteiger partial charge in [0.1, 0.15) is 0 Å². The number of anilines is 3. The van der Waals surface area contributed by atoms with Crippen molar-refractivity contribution in [3.8, 4) is 11.1 Å². The quantitative estimate of drug-likeness (QED) is 0.560. The molecular weight excluding hydrogens is 450 g/mol. The number of hydroxylamine groups is 1. The maximum Gasteiger partial charge on any atom is 0.253 e. The number of hydrogen-bond acceptors (Lipinski definition) is 6. The highest BCUT2D eigenvalue weighted by atomic mass is 16.7. The average molecular weight is 486 g/mol. The van der Waals surface area contributed by atoms with E-state index in [0.29, 0.717) is 0 Å². The van der Waals surface area contributed by atoms with Crippen LogP contribution in [0.1, 0.15) is 22.5 Å². The summed E-state index contributed by atoms with van der Waals surface area (Å²) in [6.07, 6.45) is 0.925. The Morgan fingerprint density at radius 3 is 2.47 bits per heavy atom. The minimum absolute atomic E-state index is 0.0278. The number of likely N-dealkylation sites (N-methyl/N-ethyl adjacent to an activating group) is 1. The maximum absolute atomic E-state index is 12.7. The van der Waals surface area contributed by atoms with Gasteiger partial charge in [-0.05, 0) is 81.3 Å². The molecule has 0 unspecified atom stereocenters. The number of carbonyl (C=O) groups excluding carboxylic acids is 1. The van der Waals surface area contributed by atoms with Crippen molar-refractivity contribution >= 4 is 23.0 Å². The fraction of sp³-hybridized carbons (Fsp3) is 0.379. The van der Waals surface area contributed by atoms with Gasteiger partial charge >= 0.3 is 0 Å². The zero-order valence-electron chi connectivity index (χ0n) is 21.7. The smallest absolute Gasteiger partial charge is 0.253 e. The van der Waals surface area contributed by atoms with E-state index in [1.54, 1.807) is 0 Å². The van der Waals surface area contributed by atoms with Crippen LogP contribution in [0.4, 0.5) is 17.1 Å². The van der Waals surface area contributed by atoms with Crippen LogP contribution in [-0.4, -0.2) is 62.2 Å². The summed E-state index contributed by atoms with van der Waals surface area (Å²) in [6, 6.07) is 16.7. The highest BCUT2D eigenvalue weighted by Gasteiger charge is 2.23. The van der Waals surface area contributed by atoms with E-state index >= 15 is 0 Å². The standard InChI is InChI=1S/C29H35N5O2/c1-20-17-24(7-10-26(20)27-9-5-21(2)30-22(27)3)31-29(35)19-36-34-12-11-23-6-8-25(18-28(23)34)33-15-13-32(4)14-16-33/h5-10,17-18H,11-16,19H2,1-4H3,(H,31,35). The Labute approximate surface area is 213 Å². The van der Waals surface area contributed by atoms with E-state index in [4.69, 9.17) is 4.84 Å². The summed E-state index contributed by atoms with van der Waals surface area (Å²) in [7, 11) is 2.17. The Bertz CT molecular complexity index is 1270. The van der Waals surface area contributed by atoms with E-state index in [-0.39, 0.29) is 12.5 Å². The Balaban J connectivity index is 1.20. The van der Waals surface area contributed by atoms with Gasteiger partial charge in [-0.25, -0.2) is 0 Å². The Hall–Kier alpha value is -3.42. The first-order valence-electron chi connectivity index (χ1n) is 12.7. The molecule has 0 aliphatic carbocycles. The average Bonchev–Trinajstić information content (AvgIpc) is 3.26. The van der Waals surface area contributed by atoms with Crippen LogP contribution in [0.2, 0.25) is 0 Å². The summed E-state index contributed by atoms with van der Waals surface area (Å²) in [5, 5.41) is 4.85. The molecule has 1 fully saturated rings. The molecule has 36 heavy (non-hydrogen) atoms. The number of nitrogens with zero attached hydrogens (tertiary/aromatic N) is 4. The number of hydrogen-bond donors (Lipinski definition) is 1. The molecule has 7 nitrogen and oxygen atoms in total. The molecule has 0 bridgehead atoms. The number of amides is 1. The number of aromatic nitrogens is 1. The van der Waals surface area contributed by atoms with Crippen LogP contribution in [0.15, 0.2) is 48.5 Å². The van der Waals surface area contributed by atoms with Gasteiger partial charge in [-0.2, -0.15) is 0 Å². The number of pyridine rings is 1. The Morgan fingerprint density at radius 1 is 0.944 bits per heavy atom. The number of fused-ring (bicyclic) bond motifs is 1. The molecule has 0 radical (unpaired) electrons. The number of aryl methyl sites for hydroxylation is 3. The fourth-order valence-corrected chi connectivity index (χ4v) is 5.08. The van der Waals surface area contributed by atoms with Gasteiger partial charge in [-0.15, -0.1) is 0 Å². The predicted molar refractivity (Wildman–Crippen MR) is 146 cm³/mol. The zero-order chi connectivity index (χ0) is 25.2. The molecule has 1 N–H and O–H groups in total. The molecule has 3 heterocycles. The lowest BCUT2D eigenvalue weighted by Crippen LogP contribution is -2.44. The molecular formula is C29H35N5O2. The maximum atomic E-state index is 12.7. The number of carbonyl (C=O) groups is 1. The normalized spacial score (nSPS) is 15.8. The second-order valence-corrected chi connectivity index (χ2v) is 9.89. The van der Waals surface area contributed by atoms with E-state index in [9.17, 15) is 4.79 Å². The number of benzene rings is 2. The summed E-state index contributed by atoms with van der Waals surface area (Å²) in [5.41, 5.74) is 9.66. The topological polar surface area (TPSA) is 60.9 Å². The summed E-state index contributed by atoms with van der Waals surface area (Å²) in [4.78, 5) is 28.0. The van der Waals surface area contributed by atoms with Crippen molar-refractivity contribution in [2.75, 3.05) is 61.7 Å². The van der Waals surface area contributed by atoms with Crippen molar-refractivity contribution in [1.82, 2.24) is 9.88 Å². The molecule has 5 rings (SSSR count). The Morgan fingerprint density at radius 2 is 1.72 bits per heavy atom. The SMILES string of the molecule is Cc1ccc(-c2ccc(NC(=O)CON3CCc4ccc(N5CCN(C)CC5)cc43)cc2C)c(C)n1. The van der Waals surface area contributed by atoms with Gasteiger partial charge in [0.05, 0.1) is 5.69 Å². The van der Waals surface area contributed by atoms with Gasteiger partial charge in [0, 0.05) is 61.0 Å². The minimum atomic E-state index is -0.168. The molecule has 2 aliphatic heterocycles. The molecule has 1 amide bonds. The predicted octanol–water partition coefficient (Wildman–Crippen LogP) is 4.36. The van der Waals surface area contributed by atoms with Gasteiger partial charge < -0.3 is 15.1 Å². The van der Waals surface area contributed by atoms with Crippen LogP contribution in [0.25, 0.3) is 11.1 Å². The third-order valence-corrected chi connectivity index (χ3v) is 7.17. The lowest BCUT2D eigenvalue weighted by molar-refractivity contribution is -0.121. The number of nitrogens with one attached hydrogen (secondary N) is 1. The van der Waals surface area contributed by atoms with Crippen LogP contribution >= 0.6 is 0 Å². The molecule has 2 aliphatic rings. The highest BCUT2D eigenvalue weighted by Crippen LogP contribution is 2.33. The second-order valence-electron chi connectivity index (χ2n) is 9.89. The fourth-order valence-electron chi connectivity index (χ4n) is 5.08. The van der Waals surface area contributed by atoms with Gasteiger partial charge in [0.25, 0.3) is 5.91 Å². The molecule has 7 heteroatoms. The summed E-state index contributed by atoms with van der Waals surface area (Å²) < 4.78 is 0. The summed E-state index contributed by atoms with van der Waals surface area (Å²) in [5.74, 6) is -0.168. The van der Waals surface area contributed by atoms with E-state index in [0.717, 1.165) is 78.6 Å². The van der Waals surface area contributed by atoms with Crippen LogP contribution in [0.3, 0.4) is 0 Å². The molecule has 0 spiro atoms. The first kappa shape index (κ1) is 24.3. The molecule has 3 aromatic rings. The van der Waals surface area contributed by atoms with E-state index in [1.165, 1.54) is 11.3 Å². The molecule has 1 aromatic heterocycles. The van der Waals surface area contributed by atoms with E-state index < -0.39 is 0 Å². The van der Waals surface area contributed by atoms with E-state index in [1.807, 2.05) is 43.2 Å². The van der Waals surface area contributed by atoms with Crippen molar-refractivity contribution in [3.63, 3.8) is 0 Å². The Kier molecular flexibility index (Phi) is 6.94. The van der Waals surface area contributed by atoms with Crippen LogP contribution in [0.5, 0.6) is 0 Å². The minimum Gasteiger partial charge on any atom is -0.369 e. The molecule has 1 saturated heterocycles. The first-order valence-corrected chi connectivity index (χ1v) is 12.7. The van der Waals surface area contributed by atoms with Crippen molar-refractivity contribution in [1.29, 1.82) is 0 Å². The number of piperazine rings is 1. The summed E-state index contributed by atoms with van der Waals surface area (Å²) >= 11 is 0. The van der Waals surface area contributed by atoms with Crippen molar-refractivity contribution in [2.24, 2.45) is 0 Å². The van der Waals surface area contributed by atoms with Gasteiger partial charge in [0.15, 0.2) is 6.61 Å². The zero-order valence-corrected chi connectivity index (χ0v) is 21.7. The van der Waals surface area contributed by atoms with Gasteiger partial charge in [0.2, 0.25) is 0 Å². The molecule has 2 aromatic carbocycles. The second kappa shape index (κ2) is 10.3. The third kappa shape index (κ3) is 5.22. The van der Waals surface area contributed by atoms with Crippen molar-refractivity contribution in [2.45, 2.75) is 27.2 Å². The van der Waals surface area contributed by atoms with Gasteiger partial charge in [-0.1, -0.05) is 18.2 Å². The first-order chi connectivity index (χ1) is 17.4. The van der Waals surface area contributed by atoms with E-state index in [2.05, 4.69) is 58.3 Å². The van der Waals surface area contributed by atoms with Crippen molar-refractivity contribution in [3.05, 3.63) is 71.0 Å². The lowest BCUT2D eigenvalue weighted by Gasteiger charge is -2.34. The molecule has 0 saturated carbocycles. The van der Waals surface area contributed by atoms with Crippen LogP contribution in [-0.2, 0) is 16.1 Å². The molecule has 188 valence electrons. The highest BCUT2D eigenvalue weighted by molar-refractivity contribution is 5.92. The third-order valence-electron chi connectivity index (χ3n) is 7.17. The van der Waals surface area contributed by atoms with Crippen LogP contribution in [0, 0.1) is 20.8 Å². The monoisotopic (exact) mass is 485 g/mol. The van der Waals surface area contributed by atoms with Crippen molar-refractivity contribution < 1.29 is 9.63 Å². The number of rotatable bonds is 6. The summed E-state index contributed by atoms with van der Waals surface area (Å²) in [6.45, 7) is 11.0.